The van der Waals surface area contributed by atoms with E-state index in [4.69, 9.17) is 0 Å². The standard InChI is InChI=1S/C23H21N7O2/c1-12-20(22(31)27-15-5-6-17-14(7-15)10-25-29-17)21(28-23(32)26-12)13-3-2-4-16(8-13)30-11-24-18-9-19(18)30/h2-8,10-11,18-19,21H,9H2,1H3,(H,25,29)(H,27,31)(H2,26,28,32). The van der Waals surface area contributed by atoms with Gasteiger partial charge in [-0.15, -0.1) is 0 Å². The first-order valence-corrected chi connectivity index (χ1v) is 10.5. The predicted octanol–water partition coefficient (Wildman–Crippen LogP) is 2.82. The number of nitrogens with one attached hydrogen (secondary N) is 4. The second kappa shape index (κ2) is 6.94. The maximum Gasteiger partial charge on any atom is 0.319 e. The fraction of sp³-hybridized carbons (Fsp3) is 0.217. The molecule has 1 saturated carbocycles. The molecule has 3 heterocycles. The highest BCUT2D eigenvalue weighted by atomic mass is 16.2. The summed E-state index contributed by atoms with van der Waals surface area (Å²) in [5.41, 5.74) is 4.38. The van der Waals surface area contributed by atoms with Crippen molar-refractivity contribution in [3.05, 3.63) is 65.5 Å². The minimum Gasteiger partial charge on any atom is -0.327 e. The Hall–Kier alpha value is -4.14. The van der Waals surface area contributed by atoms with E-state index in [2.05, 4.69) is 36.0 Å². The van der Waals surface area contributed by atoms with E-state index in [1.54, 1.807) is 13.1 Å². The van der Waals surface area contributed by atoms with Gasteiger partial charge in [0, 0.05) is 22.5 Å². The number of allylic oxidation sites excluding steroid dienone is 1. The number of carbonyl (C=O) groups is 2. The van der Waals surface area contributed by atoms with Gasteiger partial charge in [-0.3, -0.25) is 14.9 Å². The number of amides is 3. The minimum absolute atomic E-state index is 0.279. The lowest BCUT2D eigenvalue weighted by atomic mass is 9.94. The molecule has 2 aliphatic heterocycles. The van der Waals surface area contributed by atoms with Crippen LogP contribution < -0.4 is 20.9 Å². The monoisotopic (exact) mass is 427 g/mol. The number of aromatic nitrogens is 2. The Kier molecular flexibility index (Phi) is 4.04. The van der Waals surface area contributed by atoms with Crippen LogP contribution in [0.3, 0.4) is 0 Å². The van der Waals surface area contributed by atoms with Crippen LogP contribution in [0.25, 0.3) is 10.9 Å². The van der Waals surface area contributed by atoms with E-state index in [1.165, 1.54) is 0 Å². The van der Waals surface area contributed by atoms with Crippen LogP contribution in [0.2, 0.25) is 0 Å². The van der Waals surface area contributed by atoms with Crippen molar-refractivity contribution in [1.82, 2.24) is 20.8 Å². The van der Waals surface area contributed by atoms with E-state index in [1.807, 2.05) is 48.8 Å². The summed E-state index contributed by atoms with van der Waals surface area (Å²) >= 11 is 0. The molecule has 6 rings (SSSR count). The fourth-order valence-electron chi connectivity index (χ4n) is 4.46. The van der Waals surface area contributed by atoms with Crippen LogP contribution in [0, 0.1) is 0 Å². The average molecular weight is 427 g/mol. The van der Waals surface area contributed by atoms with Crippen molar-refractivity contribution in [2.24, 2.45) is 4.99 Å². The number of rotatable bonds is 4. The zero-order valence-corrected chi connectivity index (χ0v) is 17.3. The van der Waals surface area contributed by atoms with E-state index in [-0.39, 0.29) is 11.9 Å². The van der Waals surface area contributed by atoms with Gasteiger partial charge in [-0.05, 0) is 49.2 Å². The number of nitrogens with zero attached hydrogens (tertiary/aromatic N) is 3. The van der Waals surface area contributed by atoms with Gasteiger partial charge in [0.05, 0.1) is 41.8 Å². The molecule has 3 atom stereocenters. The third-order valence-electron chi connectivity index (χ3n) is 6.18. The maximum absolute atomic E-state index is 13.3. The molecular weight excluding hydrogens is 406 g/mol. The molecule has 0 saturated heterocycles. The first-order chi connectivity index (χ1) is 15.6. The van der Waals surface area contributed by atoms with Crippen LogP contribution in [-0.4, -0.2) is 40.6 Å². The van der Waals surface area contributed by atoms with Gasteiger partial charge in [-0.1, -0.05) is 12.1 Å². The number of anilines is 2. The van der Waals surface area contributed by atoms with Crippen molar-refractivity contribution in [3.63, 3.8) is 0 Å². The summed E-state index contributed by atoms with van der Waals surface area (Å²) in [5, 5.41) is 16.4. The predicted molar refractivity (Wildman–Crippen MR) is 121 cm³/mol. The number of hydrogen-bond acceptors (Lipinski definition) is 5. The molecule has 9 nitrogen and oxygen atoms in total. The van der Waals surface area contributed by atoms with Gasteiger partial charge < -0.3 is 20.9 Å². The third-order valence-corrected chi connectivity index (χ3v) is 6.18. The van der Waals surface area contributed by atoms with Crippen LogP contribution in [0.5, 0.6) is 0 Å². The quantitative estimate of drug-likeness (QED) is 0.513. The highest BCUT2D eigenvalue weighted by Gasteiger charge is 2.45. The summed E-state index contributed by atoms with van der Waals surface area (Å²) in [6.45, 7) is 1.74. The molecule has 3 unspecified atom stereocenters. The summed E-state index contributed by atoms with van der Waals surface area (Å²) in [6, 6.07) is 13.4. The van der Waals surface area contributed by atoms with Crippen LogP contribution >= 0.6 is 0 Å². The van der Waals surface area contributed by atoms with Crippen molar-refractivity contribution in [2.75, 3.05) is 10.2 Å². The lowest BCUT2D eigenvalue weighted by Gasteiger charge is -2.29. The molecule has 1 aromatic heterocycles. The first-order valence-electron chi connectivity index (χ1n) is 10.5. The Morgan fingerprint density at radius 2 is 2.12 bits per heavy atom. The first kappa shape index (κ1) is 18.6. The topological polar surface area (TPSA) is 115 Å². The molecule has 4 N–H and O–H groups in total. The maximum atomic E-state index is 13.3. The number of carbonyl (C=O) groups excluding carboxylic acids is 2. The van der Waals surface area contributed by atoms with E-state index < -0.39 is 6.04 Å². The number of urea groups is 1. The van der Waals surface area contributed by atoms with Gasteiger partial charge in [-0.2, -0.15) is 5.10 Å². The Labute approximate surface area is 183 Å². The number of aromatic amines is 1. The van der Waals surface area contributed by atoms with Crippen LogP contribution in [0.4, 0.5) is 16.2 Å². The Bertz CT molecular complexity index is 1320. The summed E-state index contributed by atoms with van der Waals surface area (Å²) in [5.74, 6) is -0.279. The van der Waals surface area contributed by atoms with Crippen molar-refractivity contribution in [2.45, 2.75) is 31.5 Å². The third kappa shape index (κ3) is 3.09. The van der Waals surface area contributed by atoms with Crippen LogP contribution in [-0.2, 0) is 4.79 Å². The number of fused-ring (bicyclic) bond motifs is 2. The van der Waals surface area contributed by atoms with Gasteiger partial charge in [-0.25, -0.2) is 4.79 Å². The lowest BCUT2D eigenvalue weighted by Crippen LogP contribution is -2.46. The van der Waals surface area contributed by atoms with E-state index in [0.29, 0.717) is 29.0 Å². The molecule has 0 radical (unpaired) electrons. The number of benzene rings is 2. The van der Waals surface area contributed by atoms with Gasteiger partial charge >= 0.3 is 6.03 Å². The summed E-state index contributed by atoms with van der Waals surface area (Å²) in [6.07, 6.45) is 4.65. The SMILES string of the molecule is CC1=C(C(=O)Nc2ccc3[nH]ncc3c2)C(c2cccc(N3C=NC4CC43)c2)NC(=O)N1. The normalized spacial score (nSPS) is 23.7. The molecular formula is C23H21N7O2. The van der Waals surface area contributed by atoms with Crippen molar-refractivity contribution >= 4 is 40.6 Å². The molecule has 2 aromatic carbocycles. The Morgan fingerprint density at radius 3 is 2.94 bits per heavy atom. The Balaban J connectivity index is 1.32. The second-order valence-corrected chi connectivity index (χ2v) is 8.33. The van der Waals surface area contributed by atoms with Crippen molar-refractivity contribution in [3.8, 4) is 0 Å². The van der Waals surface area contributed by atoms with E-state index >= 15 is 0 Å². The molecule has 1 aliphatic carbocycles. The van der Waals surface area contributed by atoms with E-state index in [9.17, 15) is 9.59 Å². The molecule has 3 aliphatic rings. The average Bonchev–Trinajstić information content (AvgIpc) is 3.19. The molecule has 0 bridgehead atoms. The lowest BCUT2D eigenvalue weighted by molar-refractivity contribution is -0.113. The summed E-state index contributed by atoms with van der Waals surface area (Å²) in [4.78, 5) is 32.2. The number of H-pyrrole nitrogens is 1. The summed E-state index contributed by atoms with van der Waals surface area (Å²) < 4.78 is 0. The fourth-order valence-corrected chi connectivity index (χ4v) is 4.46. The molecule has 9 heteroatoms. The smallest absolute Gasteiger partial charge is 0.319 e. The van der Waals surface area contributed by atoms with Crippen LogP contribution in [0.15, 0.2) is 64.9 Å². The molecule has 3 aromatic rings. The minimum atomic E-state index is -0.573. The van der Waals surface area contributed by atoms with Crippen molar-refractivity contribution in [1.29, 1.82) is 0 Å². The van der Waals surface area contributed by atoms with Gasteiger partial charge in [0.1, 0.15) is 0 Å². The van der Waals surface area contributed by atoms with Gasteiger partial charge in [0.2, 0.25) is 0 Å². The Morgan fingerprint density at radius 1 is 1.22 bits per heavy atom. The summed E-state index contributed by atoms with van der Waals surface area (Å²) in [7, 11) is 0. The van der Waals surface area contributed by atoms with Gasteiger partial charge in [0.15, 0.2) is 0 Å². The second-order valence-electron chi connectivity index (χ2n) is 8.33. The molecule has 3 amide bonds. The number of hydrogen-bond donors (Lipinski definition) is 4. The van der Waals surface area contributed by atoms with Gasteiger partial charge in [0.25, 0.3) is 5.91 Å². The molecule has 32 heavy (non-hydrogen) atoms. The van der Waals surface area contributed by atoms with Crippen LogP contribution in [0.1, 0.15) is 24.9 Å². The number of aliphatic imine (C=N–C) groups is 1. The highest BCUT2D eigenvalue weighted by molar-refractivity contribution is 6.07. The van der Waals surface area contributed by atoms with Crippen molar-refractivity contribution < 1.29 is 9.59 Å². The zero-order valence-electron chi connectivity index (χ0n) is 17.3. The molecule has 0 spiro atoms. The highest BCUT2D eigenvalue weighted by Crippen LogP contribution is 2.39. The zero-order chi connectivity index (χ0) is 21.8. The molecule has 160 valence electrons. The molecule has 1 fully saturated rings. The largest absolute Gasteiger partial charge is 0.327 e. The van der Waals surface area contributed by atoms with E-state index in [0.717, 1.165) is 28.6 Å².